The molecule has 0 unspecified atom stereocenters. The van der Waals surface area contributed by atoms with Crippen molar-refractivity contribution in [1.82, 2.24) is 4.98 Å². The molecule has 0 saturated heterocycles. The molecule has 2 aromatic rings. The molecule has 96 valence electrons. The highest BCUT2D eigenvalue weighted by molar-refractivity contribution is 9.10. The Morgan fingerprint density at radius 3 is 2.72 bits per heavy atom. The predicted molar refractivity (Wildman–Crippen MR) is 65.4 cm³/mol. The Bertz CT molecular complexity index is 586. The van der Waals surface area contributed by atoms with Crippen LogP contribution in [-0.2, 0) is 0 Å². The first-order chi connectivity index (χ1) is 8.37. The monoisotopic (exact) mass is 320 g/mol. The van der Waals surface area contributed by atoms with Crippen LogP contribution in [0.1, 0.15) is 0 Å². The third-order valence-electron chi connectivity index (χ3n) is 2.20. The fourth-order valence-corrected chi connectivity index (χ4v) is 1.80. The summed E-state index contributed by atoms with van der Waals surface area (Å²) in [5.41, 5.74) is 6.47. The van der Waals surface area contributed by atoms with Gasteiger partial charge in [0.15, 0.2) is 6.61 Å². The summed E-state index contributed by atoms with van der Waals surface area (Å²) in [6.45, 7) is -1.36. The number of nitrogens with two attached hydrogens (primary N) is 1. The second kappa shape index (κ2) is 4.64. The van der Waals surface area contributed by atoms with Crippen LogP contribution in [-0.4, -0.2) is 17.8 Å². The van der Waals surface area contributed by atoms with Crippen LogP contribution >= 0.6 is 15.9 Å². The average Bonchev–Trinajstić information content (AvgIpc) is 2.27. The highest BCUT2D eigenvalue weighted by Gasteiger charge is 2.28. The van der Waals surface area contributed by atoms with Gasteiger partial charge in [-0.15, -0.1) is 0 Å². The van der Waals surface area contributed by atoms with Crippen LogP contribution in [0.4, 0.5) is 18.9 Å². The molecule has 2 rings (SSSR count). The molecule has 0 atom stereocenters. The topological polar surface area (TPSA) is 48.1 Å². The van der Waals surface area contributed by atoms with Crippen molar-refractivity contribution in [2.45, 2.75) is 6.18 Å². The molecular formula is C11H8BrF3N2O. The van der Waals surface area contributed by atoms with Gasteiger partial charge >= 0.3 is 6.18 Å². The molecule has 0 fully saturated rings. The third-order valence-corrected chi connectivity index (χ3v) is 2.64. The summed E-state index contributed by atoms with van der Waals surface area (Å²) in [5.74, 6) is 0.0593. The summed E-state index contributed by atoms with van der Waals surface area (Å²) in [7, 11) is 0. The van der Waals surface area contributed by atoms with Gasteiger partial charge in [-0.3, -0.25) is 4.98 Å². The lowest BCUT2D eigenvalue weighted by Crippen LogP contribution is -2.19. The van der Waals surface area contributed by atoms with Crippen molar-refractivity contribution in [1.29, 1.82) is 0 Å². The molecule has 0 radical (unpaired) electrons. The molecule has 2 N–H and O–H groups in total. The molecule has 0 saturated carbocycles. The highest BCUT2D eigenvalue weighted by atomic mass is 79.9. The Labute approximate surface area is 109 Å². The number of nitrogen functional groups attached to an aromatic ring is 1. The van der Waals surface area contributed by atoms with Gasteiger partial charge in [0.05, 0.1) is 0 Å². The number of hydrogen-bond acceptors (Lipinski definition) is 3. The van der Waals surface area contributed by atoms with Crippen LogP contribution in [0.25, 0.3) is 10.9 Å². The number of halogens is 4. The third kappa shape index (κ3) is 2.84. The van der Waals surface area contributed by atoms with Crippen LogP contribution in [0.3, 0.4) is 0 Å². The number of hydrogen-bond donors (Lipinski definition) is 1. The van der Waals surface area contributed by atoms with Crippen molar-refractivity contribution in [3.63, 3.8) is 0 Å². The van der Waals surface area contributed by atoms with E-state index in [2.05, 4.69) is 20.9 Å². The lowest BCUT2D eigenvalue weighted by molar-refractivity contribution is -0.153. The van der Waals surface area contributed by atoms with E-state index in [9.17, 15) is 13.2 Å². The Hall–Kier alpha value is -1.50. The summed E-state index contributed by atoms with van der Waals surface area (Å²) in [5, 5.41) is 0.545. The predicted octanol–water partition coefficient (Wildman–Crippen LogP) is 3.52. The van der Waals surface area contributed by atoms with E-state index < -0.39 is 12.8 Å². The van der Waals surface area contributed by atoms with E-state index in [-0.39, 0.29) is 5.75 Å². The standard InChI is InChI=1S/C11H8BrF3N2O/c12-6-3-7-8(16)1-2-9(10(7)17-4-6)18-5-11(13,14)15/h1-4H,5,16H2. The zero-order valence-corrected chi connectivity index (χ0v) is 10.5. The van der Waals surface area contributed by atoms with E-state index in [1.54, 1.807) is 6.07 Å². The number of alkyl halides is 3. The fourth-order valence-electron chi connectivity index (χ4n) is 1.47. The summed E-state index contributed by atoms with van der Waals surface area (Å²) in [6.07, 6.45) is -2.91. The molecule has 0 aliphatic heterocycles. The Kier molecular flexibility index (Phi) is 3.34. The average molecular weight is 321 g/mol. The van der Waals surface area contributed by atoms with E-state index in [0.717, 1.165) is 0 Å². The summed E-state index contributed by atoms with van der Waals surface area (Å²) in [6, 6.07) is 4.55. The van der Waals surface area contributed by atoms with Gasteiger partial charge in [-0.2, -0.15) is 13.2 Å². The minimum atomic E-state index is -4.39. The SMILES string of the molecule is Nc1ccc(OCC(F)(F)F)c2ncc(Br)cc12. The van der Waals surface area contributed by atoms with E-state index in [1.807, 2.05) is 0 Å². The molecule has 0 aliphatic carbocycles. The molecule has 18 heavy (non-hydrogen) atoms. The van der Waals surface area contributed by atoms with E-state index in [0.29, 0.717) is 21.1 Å². The van der Waals surface area contributed by atoms with Crippen molar-refractivity contribution >= 4 is 32.5 Å². The van der Waals surface area contributed by atoms with Gasteiger partial charge in [-0.25, -0.2) is 0 Å². The molecule has 1 heterocycles. The van der Waals surface area contributed by atoms with E-state index in [4.69, 9.17) is 10.5 Å². The van der Waals surface area contributed by atoms with Crippen LogP contribution in [0.15, 0.2) is 28.9 Å². The smallest absolute Gasteiger partial charge is 0.422 e. The van der Waals surface area contributed by atoms with Gasteiger partial charge in [0.25, 0.3) is 0 Å². The minimum Gasteiger partial charge on any atom is -0.482 e. The maximum Gasteiger partial charge on any atom is 0.422 e. The zero-order valence-electron chi connectivity index (χ0n) is 8.96. The summed E-state index contributed by atoms with van der Waals surface area (Å²) in [4.78, 5) is 4.02. The zero-order chi connectivity index (χ0) is 13.3. The van der Waals surface area contributed by atoms with E-state index >= 15 is 0 Å². The molecule has 0 aliphatic rings. The van der Waals surface area contributed by atoms with Crippen molar-refractivity contribution in [3.8, 4) is 5.75 Å². The van der Waals surface area contributed by atoms with Crippen LogP contribution in [0.5, 0.6) is 5.75 Å². The Morgan fingerprint density at radius 1 is 1.33 bits per heavy atom. The number of nitrogens with zero attached hydrogens (tertiary/aromatic N) is 1. The number of aromatic nitrogens is 1. The number of anilines is 1. The van der Waals surface area contributed by atoms with E-state index in [1.165, 1.54) is 18.3 Å². The Balaban J connectivity index is 2.43. The lowest BCUT2D eigenvalue weighted by Gasteiger charge is -2.12. The number of rotatable bonds is 2. The van der Waals surface area contributed by atoms with Gasteiger partial charge in [-0.1, -0.05) is 0 Å². The van der Waals surface area contributed by atoms with Crippen molar-refractivity contribution in [2.75, 3.05) is 12.3 Å². The number of benzene rings is 1. The van der Waals surface area contributed by atoms with Gasteiger partial charge in [0.2, 0.25) is 0 Å². The van der Waals surface area contributed by atoms with Crippen molar-refractivity contribution in [3.05, 3.63) is 28.9 Å². The first-order valence-corrected chi connectivity index (χ1v) is 5.69. The van der Waals surface area contributed by atoms with Gasteiger partial charge < -0.3 is 10.5 Å². The maximum absolute atomic E-state index is 12.1. The second-order valence-corrected chi connectivity index (χ2v) is 4.52. The molecule has 0 amide bonds. The van der Waals surface area contributed by atoms with Gasteiger partial charge in [0.1, 0.15) is 11.3 Å². The Morgan fingerprint density at radius 2 is 2.06 bits per heavy atom. The van der Waals surface area contributed by atoms with Crippen molar-refractivity contribution in [2.24, 2.45) is 0 Å². The second-order valence-electron chi connectivity index (χ2n) is 3.61. The minimum absolute atomic E-state index is 0.0593. The molecule has 0 spiro atoms. The highest BCUT2D eigenvalue weighted by Crippen LogP contribution is 2.31. The number of fused-ring (bicyclic) bond motifs is 1. The van der Waals surface area contributed by atoms with Gasteiger partial charge in [-0.05, 0) is 34.1 Å². The molecule has 1 aromatic heterocycles. The molecule has 1 aromatic carbocycles. The first kappa shape index (κ1) is 12.9. The number of ether oxygens (including phenoxy) is 1. The van der Waals surface area contributed by atoms with Crippen LogP contribution in [0.2, 0.25) is 0 Å². The molecule has 7 heteroatoms. The summed E-state index contributed by atoms with van der Waals surface area (Å²) >= 11 is 3.22. The maximum atomic E-state index is 12.1. The summed E-state index contributed by atoms with van der Waals surface area (Å²) < 4.78 is 41.7. The molecule has 3 nitrogen and oxygen atoms in total. The fraction of sp³-hybridized carbons (Fsp3) is 0.182. The van der Waals surface area contributed by atoms with Crippen molar-refractivity contribution < 1.29 is 17.9 Å². The van der Waals surface area contributed by atoms with Crippen LogP contribution < -0.4 is 10.5 Å². The van der Waals surface area contributed by atoms with Crippen LogP contribution in [0, 0.1) is 0 Å². The number of pyridine rings is 1. The normalized spacial score (nSPS) is 11.8. The molecule has 0 bridgehead atoms. The quantitative estimate of drug-likeness (QED) is 0.861. The van der Waals surface area contributed by atoms with Gasteiger partial charge in [0, 0.05) is 21.7 Å². The largest absolute Gasteiger partial charge is 0.482 e. The lowest BCUT2D eigenvalue weighted by atomic mass is 10.2. The first-order valence-electron chi connectivity index (χ1n) is 4.90. The molecular weight excluding hydrogens is 313 g/mol.